The second kappa shape index (κ2) is 10.5. The number of methoxy groups -OCH3 is 1. The van der Waals surface area contributed by atoms with Gasteiger partial charge in [0.2, 0.25) is 11.8 Å². The highest BCUT2D eigenvalue weighted by Crippen LogP contribution is 2.23. The number of anilines is 1. The van der Waals surface area contributed by atoms with Gasteiger partial charge in [0.25, 0.3) is 0 Å². The van der Waals surface area contributed by atoms with Crippen LogP contribution >= 0.6 is 15.9 Å². The topological polar surface area (TPSA) is 58.6 Å². The van der Waals surface area contributed by atoms with Crippen LogP contribution in [0.25, 0.3) is 6.08 Å². The Kier molecular flexibility index (Phi) is 8.07. The lowest BCUT2D eigenvalue weighted by molar-refractivity contribution is -0.130. The van der Waals surface area contributed by atoms with Gasteiger partial charge in [-0.15, -0.1) is 0 Å². The van der Waals surface area contributed by atoms with Gasteiger partial charge in [-0.05, 0) is 36.3 Å². The van der Waals surface area contributed by atoms with E-state index in [1.54, 1.807) is 25.3 Å². The van der Waals surface area contributed by atoms with E-state index in [0.717, 1.165) is 16.5 Å². The molecule has 2 rings (SSSR count). The van der Waals surface area contributed by atoms with Crippen molar-refractivity contribution in [3.05, 3.63) is 64.6 Å². The zero-order valence-corrected chi connectivity index (χ0v) is 17.0. The van der Waals surface area contributed by atoms with E-state index in [0.29, 0.717) is 18.0 Å². The van der Waals surface area contributed by atoms with Gasteiger partial charge in [-0.1, -0.05) is 53.2 Å². The van der Waals surface area contributed by atoms with Crippen LogP contribution in [0.2, 0.25) is 0 Å². The van der Waals surface area contributed by atoms with Gasteiger partial charge in [0, 0.05) is 17.1 Å². The summed E-state index contributed by atoms with van der Waals surface area (Å²) in [6.07, 6.45) is 4.00. The fourth-order valence-corrected chi connectivity index (χ4v) is 2.94. The van der Waals surface area contributed by atoms with E-state index in [1.807, 2.05) is 43.3 Å². The molecule has 142 valence electrons. The van der Waals surface area contributed by atoms with Crippen molar-refractivity contribution < 1.29 is 14.3 Å². The average Bonchev–Trinajstić information content (AvgIpc) is 2.67. The van der Waals surface area contributed by atoms with E-state index >= 15 is 0 Å². The number of halogens is 1. The molecule has 0 saturated heterocycles. The van der Waals surface area contributed by atoms with Crippen LogP contribution in [-0.4, -0.2) is 36.9 Å². The van der Waals surface area contributed by atoms with Crippen LogP contribution in [0, 0.1) is 0 Å². The molecule has 0 bridgehead atoms. The number of rotatable bonds is 8. The van der Waals surface area contributed by atoms with Gasteiger partial charge >= 0.3 is 0 Å². The van der Waals surface area contributed by atoms with Gasteiger partial charge in [0.1, 0.15) is 12.3 Å². The molecule has 5 nitrogen and oxygen atoms in total. The maximum Gasteiger partial charge on any atom is 0.247 e. The first-order valence-corrected chi connectivity index (χ1v) is 9.48. The Bertz CT molecular complexity index is 821. The van der Waals surface area contributed by atoms with Gasteiger partial charge in [-0.3, -0.25) is 9.59 Å². The third-order valence-corrected chi connectivity index (χ3v) is 4.55. The zero-order valence-electron chi connectivity index (χ0n) is 15.4. The van der Waals surface area contributed by atoms with Crippen molar-refractivity contribution in [1.82, 2.24) is 4.90 Å². The second-order valence-corrected chi connectivity index (χ2v) is 6.72. The molecule has 0 fully saturated rings. The lowest BCUT2D eigenvalue weighted by Crippen LogP contribution is -2.37. The number of ether oxygens (including phenoxy) is 1. The maximum absolute atomic E-state index is 12.5. The summed E-state index contributed by atoms with van der Waals surface area (Å²) in [4.78, 5) is 26.5. The first-order chi connectivity index (χ1) is 13.0. The first-order valence-electron chi connectivity index (χ1n) is 8.69. The normalized spacial score (nSPS) is 10.6. The summed E-state index contributed by atoms with van der Waals surface area (Å²) >= 11 is 3.45. The van der Waals surface area contributed by atoms with Gasteiger partial charge < -0.3 is 15.0 Å². The lowest BCUT2D eigenvalue weighted by atomic mass is 10.2. The first kappa shape index (κ1) is 20.7. The molecular formula is C21H23BrN2O3. The quantitative estimate of drug-likeness (QED) is 0.633. The van der Waals surface area contributed by atoms with Crippen molar-refractivity contribution in [2.45, 2.75) is 13.3 Å². The number of carbonyl (C=O) groups excluding carboxylic acids is 2. The van der Waals surface area contributed by atoms with Crippen molar-refractivity contribution in [3.8, 4) is 5.75 Å². The molecule has 0 unspecified atom stereocenters. The number of amides is 2. The van der Waals surface area contributed by atoms with Crippen molar-refractivity contribution >= 4 is 39.5 Å². The number of carbonyl (C=O) groups is 2. The predicted octanol–water partition coefficient (Wildman–Crippen LogP) is 4.35. The van der Waals surface area contributed by atoms with Crippen molar-refractivity contribution in [1.29, 1.82) is 0 Å². The van der Waals surface area contributed by atoms with E-state index < -0.39 is 0 Å². The van der Waals surface area contributed by atoms with Gasteiger partial charge in [-0.2, -0.15) is 0 Å². The minimum atomic E-state index is -0.268. The number of para-hydroxylation sites is 2. The predicted molar refractivity (Wildman–Crippen MR) is 112 cm³/mol. The Morgan fingerprint density at radius 3 is 2.56 bits per heavy atom. The summed E-state index contributed by atoms with van der Waals surface area (Å²) in [6.45, 7) is 2.44. The molecule has 0 atom stereocenters. The Hall–Kier alpha value is -2.60. The molecule has 0 radical (unpaired) electrons. The minimum absolute atomic E-state index is 0.0228. The Morgan fingerprint density at radius 1 is 1.15 bits per heavy atom. The molecule has 0 saturated carbocycles. The summed E-state index contributed by atoms with van der Waals surface area (Å²) in [5.41, 5.74) is 1.48. The molecular weight excluding hydrogens is 408 g/mol. The largest absolute Gasteiger partial charge is 0.495 e. The van der Waals surface area contributed by atoms with E-state index in [1.165, 1.54) is 11.0 Å². The molecule has 0 heterocycles. The van der Waals surface area contributed by atoms with Crippen LogP contribution < -0.4 is 10.1 Å². The zero-order chi connectivity index (χ0) is 19.6. The van der Waals surface area contributed by atoms with Crippen molar-refractivity contribution in [2.24, 2.45) is 0 Å². The van der Waals surface area contributed by atoms with Gasteiger partial charge in [0.15, 0.2) is 0 Å². The van der Waals surface area contributed by atoms with Crippen LogP contribution in [-0.2, 0) is 9.59 Å². The molecule has 0 aliphatic heterocycles. The summed E-state index contributed by atoms with van der Waals surface area (Å²) in [6, 6.07) is 14.8. The lowest BCUT2D eigenvalue weighted by Gasteiger charge is -2.20. The number of hydrogen-bond donors (Lipinski definition) is 1. The standard InChI is InChI=1S/C21H23BrN2O3/c1-3-14-24(21(26)13-12-16-8-4-5-9-17(16)22)15-20(25)23-18-10-6-7-11-19(18)27-2/h4-13H,3,14-15H2,1-2H3,(H,23,25). The molecule has 0 spiro atoms. The van der Waals surface area contributed by atoms with Crippen LogP contribution in [0.15, 0.2) is 59.1 Å². The molecule has 6 heteroatoms. The third-order valence-electron chi connectivity index (χ3n) is 3.83. The van der Waals surface area contributed by atoms with Crippen LogP contribution in [0.3, 0.4) is 0 Å². The van der Waals surface area contributed by atoms with Gasteiger partial charge in [-0.25, -0.2) is 0 Å². The highest BCUT2D eigenvalue weighted by Gasteiger charge is 2.15. The smallest absolute Gasteiger partial charge is 0.247 e. The second-order valence-electron chi connectivity index (χ2n) is 5.86. The molecule has 0 aliphatic rings. The summed E-state index contributed by atoms with van der Waals surface area (Å²) in [7, 11) is 1.55. The summed E-state index contributed by atoms with van der Waals surface area (Å²) in [5, 5.41) is 2.80. The van der Waals surface area contributed by atoms with Crippen molar-refractivity contribution in [3.63, 3.8) is 0 Å². The molecule has 2 aromatic rings. The van der Waals surface area contributed by atoms with Gasteiger partial charge in [0.05, 0.1) is 12.8 Å². The van der Waals surface area contributed by atoms with E-state index in [-0.39, 0.29) is 18.4 Å². The molecule has 2 amide bonds. The fraction of sp³-hybridized carbons (Fsp3) is 0.238. The SMILES string of the molecule is CCCN(CC(=O)Nc1ccccc1OC)C(=O)C=Cc1ccccc1Br. The molecule has 0 aliphatic carbocycles. The summed E-state index contributed by atoms with van der Waals surface area (Å²) in [5.74, 6) is 0.103. The minimum Gasteiger partial charge on any atom is -0.495 e. The molecule has 1 N–H and O–H groups in total. The number of nitrogens with zero attached hydrogens (tertiary/aromatic N) is 1. The monoisotopic (exact) mass is 430 g/mol. The van der Waals surface area contributed by atoms with Crippen LogP contribution in [0.5, 0.6) is 5.75 Å². The number of nitrogens with one attached hydrogen (secondary N) is 1. The summed E-state index contributed by atoms with van der Waals surface area (Å²) < 4.78 is 6.14. The number of hydrogen-bond acceptors (Lipinski definition) is 3. The Morgan fingerprint density at radius 2 is 1.85 bits per heavy atom. The highest BCUT2D eigenvalue weighted by atomic mass is 79.9. The highest BCUT2D eigenvalue weighted by molar-refractivity contribution is 9.10. The maximum atomic E-state index is 12.5. The molecule has 27 heavy (non-hydrogen) atoms. The van der Waals surface area contributed by atoms with E-state index in [9.17, 15) is 9.59 Å². The van der Waals surface area contributed by atoms with Crippen molar-refractivity contribution in [2.75, 3.05) is 25.5 Å². The van der Waals surface area contributed by atoms with E-state index in [4.69, 9.17) is 4.74 Å². The number of benzene rings is 2. The Balaban J connectivity index is 2.04. The fourth-order valence-electron chi connectivity index (χ4n) is 2.52. The average molecular weight is 431 g/mol. The molecule has 0 aromatic heterocycles. The Labute approximate surface area is 168 Å². The van der Waals surface area contributed by atoms with Crippen LogP contribution in [0.4, 0.5) is 5.69 Å². The molecule has 2 aromatic carbocycles. The van der Waals surface area contributed by atoms with E-state index in [2.05, 4.69) is 21.2 Å². The van der Waals surface area contributed by atoms with Crippen LogP contribution in [0.1, 0.15) is 18.9 Å². The third kappa shape index (κ3) is 6.25.